The standard InChI is InChI=1S/C16H21N3O3/c1-3-5-9-21-11-7-6-8-12(10-11)22-14-13(4-2)18-16(17)19-15(14)20/h6-8,10H,3-5,9H2,1-2H3,(H3,17,18,19,20). The lowest BCUT2D eigenvalue weighted by molar-refractivity contribution is 0.308. The molecule has 0 aliphatic heterocycles. The molecule has 0 unspecified atom stereocenters. The predicted molar refractivity (Wildman–Crippen MR) is 85.6 cm³/mol. The molecule has 22 heavy (non-hydrogen) atoms. The first-order valence-corrected chi connectivity index (χ1v) is 7.43. The summed E-state index contributed by atoms with van der Waals surface area (Å²) in [5.74, 6) is 1.50. The van der Waals surface area contributed by atoms with Crippen LogP contribution in [0.2, 0.25) is 0 Å². The van der Waals surface area contributed by atoms with Crippen LogP contribution < -0.4 is 20.8 Å². The first kappa shape index (κ1) is 15.9. The minimum atomic E-state index is -0.387. The molecule has 0 atom stereocenters. The van der Waals surface area contributed by atoms with Gasteiger partial charge in [-0.3, -0.25) is 9.78 Å². The van der Waals surface area contributed by atoms with Crippen molar-refractivity contribution in [2.24, 2.45) is 0 Å². The van der Waals surface area contributed by atoms with Gasteiger partial charge in [0.05, 0.1) is 12.3 Å². The average molecular weight is 303 g/mol. The van der Waals surface area contributed by atoms with Gasteiger partial charge in [0.15, 0.2) is 0 Å². The number of anilines is 1. The van der Waals surface area contributed by atoms with Gasteiger partial charge in [0, 0.05) is 6.07 Å². The van der Waals surface area contributed by atoms with Crippen LogP contribution in [0.15, 0.2) is 29.1 Å². The summed E-state index contributed by atoms with van der Waals surface area (Å²) in [7, 11) is 0. The topological polar surface area (TPSA) is 90.2 Å². The Labute approximate surface area is 129 Å². The lowest BCUT2D eigenvalue weighted by Crippen LogP contribution is -2.16. The van der Waals surface area contributed by atoms with E-state index in [0.717, 1.165) is 12.8 Å². The van der Waals surface area contributed by atoms with Gasteiger partial charge < -0.3 is 15.2 Å². The highest BCUT2D eigenvalue weighted by Crippen LogP contribution is 2.25. The number of nitrogens with two attached hydrogens (primary N) is 1. The minimum absolute atomic E-state index is 0.0887. The second-order valence-electron chi connectivity index (χ2n) is 4.86. The van der Waals surface area contributed by atoms with Crippen molar-refractivity contribution in [3.8, 4) is 17.2 Å². The van der Waals surface area contributed by atoms with Crippen molar-refractivity contribution in [3.05, 3.63) is 40.3 Å². The molecule has 0 fully saturated rings. The molecular formula is C16H21N3O3. The van der Waals surface area contributed by atoms with E-state index in [1.807, 2.05) is 19.1 Å². The van der Waals surface area contributed by atoms with Gasteiger partial charge in [0.2, 0.25) is 11.7 Å². The molecule has 0 saturated carbocycles. The number of ether oxygens (including phenoxy) is 2. The lowest BCUT2D eigenvalue weighted by atomic mass is 10.3. The highest BCUT2D eigenvalue weighted by atomic mass is 16.5. The van der Waals surface area contributed by atoms with Crippen LogP contribution in [0.3, 0.4) is 0 Å². The van der Waals surface area contributed by atoms with Crippen LogP contribution in [0.5, 0.6) is 17.2 Å². The van der Waals surface area contributed by atoms with E-state index >= 15 is 0 Å². The molecule has 0 saturated heterocycles. The Morgan fingerprint density at radius 1 is 1.27 bits per heavy atom. The maximum Gasteiger partial charge on any atom is 0.295 e. The molecule has 2 rings (SSSR count). The van der Waals surface area contributed by atoms with Crippen molar-refractivity contribution in [1.82, 2.24) is 9.97 Å². The van der Waals surface area contributed by atoms with Crippen molar-refractivity contribution < 1.29 is 9.47 Å². The molecule has 0 aliphatic rings. The van der Waals surface area contributed by atoms with E-state index < -0.39 is 0 Å². The van der Waals surface area contributed by atoms with Gasteiger partial charge in [0.25, 0.3) is 5.56 Å². The minimum Gasteiger partial charge on any atom is -0.493 e. The van der Waals surface area contributed by atoms with Crippen LogP contribution >= 0.6 is 0 Å². The number of nitrogens with zero attached hydrogens (tertiary/aromatic N) is 1. The third-order valence-corrected chi connectivity index (χ3v) is 3.09. The first-order valence-electron chi connectivity index (χ1n) is 7.43. The van der Waals surface area contributed by atoms with E-state index in [0.29, 0.717) is 30.2 Å². The molecule has 0 aliphatic carbocycles. The summed E-state index contributed by atoms with van der Waals surface area (Å²) in [6.45, 7) is 4.65. The molecule has 118 valence electrons. The number of nitrogens with one attached hydrogen (secondary N) is 1. The summed E-state index contributed by atoms with van der Waals surface area (Å²) in [5.41, 5.74) is 5.69. The van der Waals surface area contributed by atoms with Crippen LogP contribution in [-0.4, -0.2) is 16.6 Å². The van der Waals surface area contributed by atoms with Crippen molar-refractivity contribution in [2.45, 2.75) is 33.1 Å². The van der Waals surface area contributed by atoms with Crippen LogP contribution in [0.4, 0.5) is 5.95 Å². The van der Waals surface area contributed by atoms with Gasteiger partial charge in [-0.15, -0.1) is 0 Å². The largest absolute Gasteiger partial charge is 0.493 e. The molecule has 3 N–H and O–H groups in total. The number of nitrogen functional groups attached to an aromatic ring is 1. The molecule has 2 aromatic rings. The number of aromatic nitrogens is 2. The van der Waals surface area contributed by atoms with Gasteiger partial charge >= 0.3 is 0 Å². The summed E-state index contributed by atoms with van der Waals surface area (Å²) in [6.07, 6.45) is 2.62. The van der Waals surface area contributed by atoms with Gasteiger partial charge in [-0.05, 0) is 25.0 Å². The van der Waals surface area contributed by atoms with E-state index in [1.54, 1.807) is 12.1 Å². The molecule has 6 nitrogen and oxygen atoms in total. The van der Waals surface area contributed by atoms with Gasteiger partial charge in [-0.25, -0.2) is 4.98 Å². The van der Waals surface area contributed by atoms with E-state index in [9.17, 15) is 4.79 Å². The zero-order valence-electron chi connectivity index (χ0n) is 12.9. The Bertz CT molecular complexity index is 683. The second-order valence-corrected chi connectivity index (χ2v) is 4.86. The number of benzene rings is 1. The zero-order chi connectivity index (χ0) is 15.9. The molecule has 0 amide bonds. The lowest BCUT2D eigenvalue weighted by Gasteiger charge is -2.10. The SMILES string of the molecule is CCCCOc1cccc(Oc2c(CC)nc(N)[nH]c2=O)c1. The van der Waals surface area contributed by atoms with Gasteiger partial charge in [-0.1, -0.05) is 26.3 Å². The molecule has 1 aromatic heterocycles. The zero-order valence-corrected chi connectivity index (χ0v) is 12.9. The van der Waals surface area contributed by atoms with Crippen molar-refractivity contribution in [1.29, 1.82) is 0 Å². The molecule has 0 radical (unpaired) electrons. The Morgan fingerprint density at radius 3 is 2.77 bits per heavy atom. The van der Waals surface area contributed by atoms with E-state index in [-0.39, 0.29) is 17.3 Å². The van der Waals surface area contributed by atoms with Crippen molar-refractivity contribution in [3.63, 3.8) is 0 Å². The fourth-order valence-electron chi connectivity index (χ4n) is 1.95. The predicted octanol–water partition coefficient (Wildman–Crippen LogP) is 2.89. The van der Waals surface area contributed by atoms with E-state index in [1.165, 1.54) is 0 Å². The summed E-state index contributed by atoms with van der Waals surface area (Å²) in [6, 6.07) is 7.20. The van der Waals surface area contributed by atoms with Crippen LogP contribution in [-0.2, 0) is 6.42 Å². The quantitative estimate of drug-likeness (QED) is 0.768. The van der Waals surface area contributed by atoms with Crippen molar-refractivity contribution >= 4 is 5.95 Å². The van der Waals surface area contributed by atoms with Crippen LogP contribution in [0.1, 0.15) is 32.4 Å². The molecule has 0 bridgehead atoms. The Balaban J connectivity index is 2.21. The summed E-state index contributed by atoms with van der Waals surface area (Å²) < 4.78 is 11.3. The smallest absolute Gasteiger partial charge is 0.295 e. The second kappa shape index (κ2) is 7.49. The number of hydrogen-bond donors (Lipinski definition) is 2. The van der Waals surface area contributed by atoms with Gasteiger partial charge in [-0.2, -0.15) is 0 Å². The number of unbranched alkanes of at least 4 members (excludes halogenated alkanes) is 1. The fourth-order valence-corrected chi connectivity index (χ4v) is 1.95. The van der Waals surface area contributed by atoms with Gasteiger partial charge in [0.1, 0.15) is 11.5 Å². The van der Waals surface area contributed by atoms with Crippen LogP contribution in [0.25, 0.3) is 0 Å². The highest BCUT2D eigenvalue weighted by molar-refractivity contribution is 5.38. The first-order chi connectivity index (χ1) is 10.6. The molecular weight excluding hydrogens is 282 g/mol. The van der Waals surface area contributed by atoms with Crippen molar-refractivity contribution in [2.75, 3.05) is 12.3 Å². The third kappa shape index (κ3) is 4.00. The number of rotatable bonds is 7. The summed E-state index contributed by atoms with van der Waals surface area (Å²) in [4.78, 5) is 18.5. The summed E-state index contributed by atoms with van der Waals surface area (Å²) >= 11 is 0. The molecule has 6 heteroatoms. The molecule has 1 aromatic carbocycles. The Hall–Kier alpha value is -2.50. The Kier molecular flexibility index (Phi) is 5.41. The maximum atomic E-state index is 12.0. The number of aromatic amines is 1. The number of H-pyrrole nitrogens is 1. The van der Waals surface area contributed by atoms with E-state index in [2.05, 4.69) is 16.9 Å². The van der Waals surface area contributed by atoms with Crippen LogP contribution in [0, 0.1) is 0 Å². The number of hydrogen-bond acceptors (Lipinski definition) is 5. The normalized spacial score (nSPS) is 10.5. The maximum absolute atomic E-state index is 12.0. The number of aryl methyl sites for hydroxylation is 1. The average Bonchev–Trinajstić information content (AvgIpc) is 2.50. The third-order valence-electron chi connectivity index (χ3n) is 3.09. The monoisotopic (exact) mass is 303 g/mol. The Morgan fingerprint density at radius 2 is 2.05 bits per heavy atom. The molecule has 0 spiro atoms. The molecule has 1 heterocycles. The van der Waals surface area contributed by atoms with E-state index in [4.69, 9.17) is 15.2 Å². The summed E-state index contributed by atoms with van der Waals surface area (Å²) in [5, 5.41) is 0. The fraction of sp³-hybridized carbons (Fsp3) is 0.375. The highest BCUT2D eigenvalue weighted by Gasteiger charge is 2.12.